The van der Waals surface area contributed by atoms with Gasteiger partial charge in [-0.25, -0.2) is 9.59 Å². The molecule has 0 aromatic heterocycles. The fourth-order valence-corrected chi connectivity index (χ4v) is 1.66. The molecule has 1 aromatic carbocycles. The van der Waals surface area contributed by atoms with Crippen LogP contribution in [-0.4, -0.2) is 29.1 Å². The molecule has 0 bridgehead atoms. The first-order chi connectivity index (χ1) is 8.81. The van der Waals surface area contributed by atoms with Crippen LogP contribution in [0.1, 0.15) is 17.3 Å². The van der Waals surface area contributed by atoms with Crippen LogP contribution in [0.2, 0.25) is 0 Å². The van der Waals surface area contributed by atoms with Gasteiger partial charge in [-0.1, -0.05) is 0 Å². The molecule has 7 nitrogen and oxygen atoms in total. The molecular weight excluding hydrogens is 367 g/mol. The molecule has 0 fully saturated rings. The molecule has 8 heteroatoms. The zero-order valence-corrected chi connectivity index (χ0v) is 12.0. The summed E-state index contributed by atoms with van der Waals surface area (Å²) < 4.78 is 5.95. The van der Waals surface area contributed by atoms with Gasteiger partial charge in [-0.3, -0.25) is 10.1 Å². The third-order valence-corrected chi connectivity index (χ3v) is 2.99. The lowest BCUT2D eigenvalue weighted by Crippen LogP contribution is -2.42. The van der Waals surface area contributed by atoms with Gasteiger partial charge in [-0.2, -0.15) is 0 Å². The maximum atomic E-state index is 11.4. The topological polar surface area (TPSA) is 119 Å². The number of rotatable bonds is 4. The monoisotopic (exact) mass is 378 g/mol. The highest BCUT2D eigenvalue weighted by atomic mass is 127. The van der Waals surface area contributed by atoms with E-state index in [4.69, 9.17) is 15.6 Å². The highest BCUT2D eigenvalue weighted by Gasteiger charge is 2.18. The number of amides is 3. The number of nitrogens with two attached hydrogens (primary N) is 1. The summed E-state index contributed by atoms with van der Waals surface area (Å²) in [4.78, 5) is 32.8. The fraction of sp³-hybridized carbons (Fsp3) is 0.182. The maximum absolute atomic E-state index is 11.4. The molecule has 0 aliphatic carbocycles. The molecule has 0 saturated heterocycles. The minimum absolute atomic E-state index is 0.0397. The van der Waals surface area contributed by atoms with Gasteiger partial charge in [0.05, 0.1) is 9.13 Å². The van der Waals surface area contributed by atoms with Gasteiger partial charge in [0.2, 0.25) is 0 Å². The number of primary amides is 1. The molecule has 0 heterocycles. The van der Waals surface area contributed by atoms with Crippen LogP contribution >= 0.6 is 22.6 Å². The standard InChI is InChI=1S/C11H11IN2O5/c1-5(9(15)14-11(13)18)19-8-4-6(10(16)17)2-3-7(8)12/h2-5H,1H3,(H,16,17)(H3,13,14,15,18). The number of carboxylic acids is 1. The molecular formula is C11H11IN2O5. The van der Waals surface area contributed by atoms with Gasteiger partial charge in [-0.05, 0) is 47.7 Å². The van der Waals surface area contributed by atoms with E-state index in [1.54, 1.807) is 6.07 Å². The molecule has 0 aliphatic heterocycles. The van der Waals surface area contributed by atoms with E-state index in [1.165, 1.54) is 19.1 Å². The van der Waals surface area contributed by atoms with Crippen molar-refractivity contribution in [3.05, 3.63) is 27.3 Å². The zero-order valence-electron chi connectivity index (χ0n) is 9.84. The van der Waals surface area contributed by atoms with E-state index in [0.717, 1.165) is 0 Å². The Bertz CT molecular complexity index is 532. The summed E-state index contributed by atoms with van der Waals surface area (Å²) in [5.74, 6) is -1.56. The summed E-state index contributed by atoms with van der Waals surface area (Å²) in [7, 11) is 0. The molecule has 102 valence electrons. The Morgan fingerprint density at radius 2 is 2.05 bits per heavy atom. The van der Waals surface area contributed by atoms with Crippen LogP contribution < -0.4 is 15.8 Å². The van der Waals surface area contributed by atoms with Gasteiger partial charge < -0.3 is 15.6 Å². The third-order valence-electron chi connectivity index (χ3n) is 2.10. The predicted octanol–water partition coefficient (Wildman–Crippen LogP) is 0.952. The number of urea groups is 1. The SMILES string of the molecule is CC(Oc1cc(C(=O)O)ccc1I)C(=O)NC(N)=O. The zero-order chi connectivity index (χ0) is 14.6. The Labute approximate surface area is 122 Å². The van der Waals surface area contributed by atoms with Crippen LogP contribution in [0.15, 0.2) is 18.2 Å². The van der Waals surface area contributed by atoms with Crippen molar-refractivity contribution in [1.82, 2.24) is 5.32 Å². The minimum Gasteiger partial charge on any atom is -0.480 e. The number of halogens is 1. The Morgan fingerprint density at radius 1 is 1.42 bits per heavy atom. The number of ether oxygens (including phenoxy) is 1. The van der Waals surface area contributed by atoms with E-state index in [2.05, 4.69) is 0 Å². The van der Waals surface area contributed by atoms with E-state index in [1.807, 2.05) is 27.9 Å². The Hall–Kier alpha value is -1.84. The van der Waals surface area contributed by atoms with Gasteiger partial charge in [0, 0.05) is 0 Å². The van der Waals surface area contributed by atoms with Crippen molar-refractivity contribution in [2.24, 2.45) is 5.73 Å². The highest BCUT2D eigenvalue weighted by Crippen LogP contribution is 2.23. The number of aromatic carboxylic acids is 1. The van der Waals surface area contributed by atoms with Gasteiger partial charge >= 0.3 is 12.0 Å². The number of carboxylic acid groups (broad SMARTS) is 1. The number of carbonyl (C=O) groups is 3. The molecule has 1 aromatic rings. The van der Waals surface area contributed by atoms with Crippen molar-refractivity contribution in [2.45, 2.75) is 13.0 Å². The van der Waals surface area contributed by atoms with Crippen LogP contribution in [0.5, 0.6) is 5.75 Å². The van der Waals surface area contributed by atoms with Crippen molar-refractivity contribution >= 4 is 40.5 Å². The Morgan fingerprint density at radius 3 is 2.58 bits per heavy atom. The lowest BCUT2D eigenvalue weighted by Gasteiger charge is -2.15. The smallest absolute Gasteiger partial charge is 0.335 e. The average Bonchev–Trinajstić information content (AvgIpc) is 2.30. The van der Waals surface area contributed by atoms with E-state index in [0.29, 0.717) is 3.57 Å². The quantitative estimate of drug-likeness (QED) is 0.675. The lowest BCUT2D eigenvalue weighted by molar-refractivity contribution is -0.126. The number of imide groups is 1. The number of hydrogen-bond donors (Lipinski definition) is 3. The second-order valence-corrected chi connectivity index (χ2v) is 4.73. The summed E-state index contributed by atoms with van der Waals surface area (Å²) in [6.45, 7) is 1.42. The second-order valence-electron chi connectivity index (χ2n) is 3.56. The molecule has 1 unspecified atom stereocenters. The molecule has 4 N–H and O–H groups in total. The van der Waals surface area contributed by atoms with Crippen LogP contribution in [0.25, 0.3) is 0 Å². The summed E-state index contributed by atoms with van der Waals surface area (Å²) in [5, 5.41) is 10.7. The van der Waals surface area contributed by atoms with Crippen LogP contribution in [0, 0.1) is 3.57 Å². The normalized spacial score (nSPS) is 11.5. The first kappa shape index (κ1) is 15.2. The molecule has 0 aliphatic rings. The Kier molecular flexibility index (Phi) is 5.10. The summed E-state index contributed by atoms with van der Waals surface area (Å²) in [6.07, 6.45) is -0.981. The predicted molar refractivity (Wildman–Crippen MR) is 73.9 cm³/mol. The van der Waals surface area contributed by atoms with Crippen molar-refractivity contribution in [3.8, 4) is 5.75 Å². The number of carbonyl (C=O) groups excluding carboxylic acids is 2. The maximum Gasteiger partial charge on any atom is 0.335 e. The van der Waals surface area contributed by atoms with Gasteiger partial charge in [0.1, 0.15) is 5.75 Å². The second kappa shape index (κ2) is 6.36. The molecule has 1 rings (SSSR count). The molecule has 3 amide bonds. The number of hydrogen-bond acceptors (Lipinski definition) is 4. The highest BCUT2D eigenvalue weighted by molar-refractivity contribution is 14.1. The number of benzene rings is 1. The van der Waals surface area contributed by atoms with Crippen molar-refractivity contribution in [1.29, 1.82) is 0 Å². The molecule has 0 saturated carbocycles. The fourth-order valence-electron chi connectivity index (χ4n) is 1.19. The summed E-state index contributed by atoms with van der Waals surface area (Å²) in [5.41, 5.74) is 4.85. The molecule has 0 radical (unpaired) electrons. The molecule has 1 atom stereocenters. The summed E-state index contributed by atoms with van der Waals surface area (Å²) >= 11 is 1.94. The van der Waals surface area contributed by atoms with Crippen LogP contribution in [-0.2, 0) is 4.79 Å². The molecule has 0 spiro atoms. The third kappa shape index (κ3) is 4.39. The van der Waals surface area contributed by atoms with Crippen molar-refractivity contribution in [3.63, 3.8) is 0 Å². The van der Waals surface area contributed by atoms with E-state index < -0.39 is 24.0 Å². The van der Waals surface area contributed by atoms with Gasteiger partial charge in [-0.15, -0.1) is 0 Å². The summed E-state index contributed by atoms with van der Waals surface area (Å²) in [6, 6.07) is 3.30. The minimum atomic E-state index is -1.10. The Balaban J connectivity index is 2.86. The van der Waals surface area contributed by atoms with Gasteiger partial charge in [0.15, 0.2) is 6.10 Å². The average molecular weight is 378 g/mol. The van der Waals surface area contributed by atoms with E-state index in [9.17, 15) is 14.4 Å². The molecule has 19 heavy (non-hydrogen) atoms. The van der Waals surface area contributed by atoms with E-state index in [-0.39, 0.29) is 11.3 Å². The van der Waals surface area contributed by atoms with Crippen LogP contribution in [0.3, 0.4) is 0 Å². The van der Waals surface area contributed by atoms with E-state index >= 15 is 0 Å². The largest absolute Gasteiger partial charge is 0.480 e. The first-order valence-corrected chi connectivity index (χ1v) is 6.19. The lowest BCUT2D eigenvalue weighted by atomic mass is 10.2. The van der Waals surface area contributed by atoms with Gasteiger partial charge in [0.25, 0.3) is 5.91 Å². The van der Waals surface area contributed by atoms with Crippen LogP contribution in [0.4, 0.5) is 4.79 Å². The van der Waals surface area contributed by atoms with Crippen molar-refractivity contribution < 1.29 is 24.2 Å². The van der Waals surface area contributed by atoms with Crippen molar-refractivity contribution in [2.75, 3.05) is 0 Å². The number of nitrogens with one attached hydrogen (secondary N) is 1. The first-order valence-electron chi connectivity index (χ1n) is 5.11.